The molecule has 1 heterocycles. The predicted molar refractivity (Wildman–Crippen MR) is 70.2 cm³/mol. The molecule has 0 atom stereocenters. The topological polar surface area (TPSA) is 49.8 Å². The van der Waals surface area contributed by atoms with Crippen molar-refractivity contribution >= 4 is 11.7 Å². The molecule has 98 valence electrons. The van der Waals surface area contributed by atoms with Crippen molar-refractivity contribution in [3.05, 3.63) is 24.3 Å². The van der Waals surface area contributed by atoms with Gasteiger partial charge in [-0.15, -0.1) is 0 Å². The van der Waals surface area contributed by atoms with E-state index in [4.69, 9.17) is 9.84 Å². The van der Waals surface area contributed by atoms with E-state index in [1.807, 2.05) is 31.2 Å². The number of carboxylic acids is 1. The monoisotopic (exact) mass is 249 g/mol. The molecule has 4 heteroatoms. The Balaban J connectivity index is 1.95. The van der Waals surface area contributed by atoms with E-state index in [2.05, 4.69) is 4.90 Å². The summed E-state index contributed by atoms with van der Waals surface area (Å²) in [4.78, 5) is 13.1. The third-order valence-electron chi connectivity index (χ3n) is 3.36. The van der Waals surface area contributed by atoms with Gasteiger partial charge in [0.25, 0.3) is 0 Å². The summed E-state index contributed by atoms with van der Waals surface area (Å²) in [5, 5.41) is 8.96. The maximum absolute atomic E-state index is 10.9. The Morgan fingerprint density at radius 1 is 1.33 bits per heavy atom. The third-order valence-corrected chi connectivity index (χ3v) is 3.36. The summed E-state index contributed by atoms with van der Waals surface area (Å²) in [6, 6.07) is 7.99. The van der Waals surface area contributed by atoms with E-state index >= 15 is 0 Å². The van der Waals surface area contributed by atoms with Crippen LogP contribution >= 0.6 is 0 Å². The minimum absolute atomic E-state index is 0.177. The largest absolute Gasteiger partial charge is 0.494 e. The van der Waals surface area contributed by atoms with Crippen LogP contribution in [0.25, 0.3) is 0 Å². The van der Waals surface area contributed by atoms with Crippen molar-refractivity contribution in [3.8, 4) is 5.75 Å². The molecule has 0 radical (unpaired) electrons. The van der Waals surface area contributed by atoms with Crippen molar-refractivity contribution in [2.75, 3.05) is 24.6 Å². The van der Waals surface area contributed by atoms with E-state index in [-0.39, 0.29) is 5.92 Å². The van der Waals surface area contributed by atoms with Gasteiger partial charge >= 0.3 is 5.97 Å². The zero-order chi connectivity index (χ0) is 13.0. The van der Waals surface area contributed by atoms with Crippen LogP contribution in [-0.2, 0) is 4.79 Å². The summed E-state index contributed by atoms with van der Waals surface area (Å²) >= 11 is 0. The summed E-state index contributed by atoms with van der Waals surface area (Å²) in [6.07, 6.45) is 1.45. The first-order valence-corrected chi connectivity index (χ1v) is 6.41. The lowest BCUT2D eigenvalue weighted by atomic mass is 9.97. The van der Waals surface area contributed by atoms with Crippen LogP contribution in [0.15, 0.2) is 24.3 Å². The van der Waals surface area contributed by atoms with E-state index in [1.165, 1.54) is 0 Å². The third kappa shape index (κ3) is 2.94. The van der Waals surface area contributed by atoms with Crippen molar-refractivity contribution < 1.29 is 14.6 Å². The maximum Gasteiger partial charge on any atom is 0.306 e. The first kappa shape index (κ1) is 12.7. The molecule has 0 amide bonds. The van der Waals surface area contributed by atoms with Crippen molar-refractivity contribution in [1.82, 2.24) is 0 Å². The van der Waals surface area contributed by atoms with Gasteiger partial charge in [-0.25, -0.2) is 0 Å². The zero-order valence-electron chi connectivity index (χ0n) is 10.6. The average Bonchev–Trinajstić information content (AvgIpc) is 2.40. The van der Waals surface area contributed by atoms with Gasteiger partial charge in [0.1, 0.15) is 5.75 Å². The number of hydrogen-bond donors (Lipinski definition) is 1. The maximum atomic E-state index is 10.9. The number of ether oxygens (including phenoxy) is 1. The molecule has 1 aliphatic heterocycles. The van der Waals surface area contributed by atoms with E-state index in [9.17, 15) is 4.79 Å². The van der Waals surface area contributed by atoms with Crippen LogP contribution in [-0.4, -0.2) is 30.8 Å². The fourth-order valence-electron chi connectivity index (χ4n) is 2.30. The highest BCUT2D eigenvalue weighted by Gasteiger charge is 2.24. The van der Waals surface area contributed by atoms with E-state index in [0.717, 1.165) is 37.4 Å². The molecule has 0 bridgehead atoms. The molecule has 0 spiro atoms. The Morgan fingerprint density at radius 2 is 1.94 bits per heavy atom. The molecular weight excluding hydrogens is 230 g/mol. The van der Waals surface area contributed by atoms with Crippen molar-refractivity contribution in [2.24, 2.45) is 5.92 Å². The predicted octanol–water partition coefficient (Wildman–Crippen LogP) is 2.39. The number of anilines is 1. The van der Waals surface area contributed by atoms with Crippen molar-refractivity contribution in [3.63, 3.8) is 0 Å². The number of carbonyl (C=O) groups is 1. The molecule has 2 rings (SSSR count). The fourth-order valence-corrected chi connectivity index (χ4v) is 2.30. The average molecular weight is 249 g/mol. The highest BCUT2D eigenvalue weighted by Crippen LogP contribution is 2.25. The van der Waals surface area contributed by atoms with Crippen LogP contribution in [0.5, 0.6) is 5.75 Å². The molecule has 1 aliphatic rings. The number of rotatable bonds is 4. The normalized spacial score (nSPS) is 16.6. The number of aliphatic carboxylic acids is 1. The smallest absolute Gasteiger partial charge is 0.306 e. The van der Waals surface area contributed by atoms with Gasteiger partial charge in [0.15, 0.2) is 0 Å². The van der Waals surface area contributed by atoms with Crippen LogP contribution in [0, 0.1) is 5.92 Å². The van der Waals surface area contributed by atoms with Gasteiger partial charge in [-0.3, -0.25) is 4.79 Å². The second-order valence-corrected chi connectivity index (χ2v) is 4.53. The van der Waals surface area contributed by atoms with Crippen molar-refractivity contribution in [1.29, 1.82) is 0 Å². The molecule has 18 heavy (non-hydrogen) atoms. The number of piperidine rings is 1. The Bertz CT molecular complexity index is 394. The highest BCUT2D eigenvalue weighted by molar-refractivity contribution is 5.70. The van der Waals surface area contributed by atoms with Gasteiger partial charge in [0.2, 0.25) is 0 Å². The highest BCUT2D eigenvalue weighted by atomic mass is 16.5. The van der Waals surface area contributed by atoms with Crippen LogP contribution in [0.4, 0.5) is 5.69 Å². The Kier molecular flexibility index (Phi) is 4.07. The Morgan fingerprint density at radius 3 is 2.44 bits per heavy atom. The van der Waals surface area contributed by atoms with Crippen LogP contribution in [0.2, 0.25) is 0 Å². The summed E-state index contributed by atoms with van der Waals surface area (Å²) in [5.74, 6) is 0.0342. The summed E-state index contributed by atoms with van der Waals surface area (Å²) in [6.45, 7) is 4.25. The lowest BCUT2D eigenvalue weighted by Crippen LogP contribution is -2.36. The number of nitrogens with zero attached hydrogens (tertiary/aromatic N) is 1. The van der Waals surface area contributed by atoms with Crippen LogP contribution in [0.1, 0.15) is 19.8 Å². The minimum Gasteiger partial charge on any atom is -0.494 e. The molecule has 1 N–H and O–H groups in total. The van der Waals surface area contributed by atoms with E-state index in [0.29, 0.717) is 6.61 Å². The minimum atomic E-state index is -0.665. The Labute approximate surface area is 107 Å². The second kappa shape index (κ2) is 5.76. The van der Waals surface area contributed by atoms with Gasteiger partial charge in [-0.05, 0) is 44.0 Å². The molecule has 1 saturated heterocycles. The summed E-state index contributed by atoms with van der Waals surface area (Å²) < 4.78 is 5.40. The van der Waals surface area contributed by atoms with Gasteiger partial charge in [0.05, 0.1) is 12.5 Å². The molecule has 0 saturated carbocycles. The van der Waals surface area contributed by atoms with Gasteiger partial charge in [0, 0.05) is 18.8 Å². The van der Waals surface area contributed by atoms with Crippen molar-refractivity contribution in [2.45, 2.75) is 19.8 Å². The van der Waals surface area contributed by atoms with Gasteiger partial charge in [-0.2, -0.15) is 0 Å². The van der Waals surface area contributed by atoms with E-state index in [1.54, 1.807) is 0 Å². The second-order valence-electron chi connectivity index (χ2n) is 4.53. The van der Waals surface area contributed by atoms with Gasteiger partial charge < -0.3 is 14.7 Å². The molecule has 0 aliphatic carbocycles. The standard InChI is InChI=1S/C14H19NO3/c1-2-18-13-5-3-12(4-6-13)15-9-7-11(8-10-15)14(16)17/h3-6,11H,2,7-10H2,1H3,(H,16,17). The quantitative estimate of drug-likeness (QED) is 0.890. The lowest BCUT2D eigenvalue weighted by molar-refractivity contribution is -0.142. The first-order chi connectivity index (χ1) is 8.70. The van der Waals surface area contributed by atoms with Crippen LogP contribution < -0.4 is 9.64 Å². The molecular formula is C14H19NO3. The number of carboxylic acid groups (broad SMARTS) is 1. The van der Waals surface area contributed by atoms with Crippen LogP contribution in [0.3, 0.4) is 0 Å². The molecule has 1 aromatic carbocycles. The van der Waals surface area contributed by atoms with Gasteiger partial charge in [-0.1, -0.05) is 0 Å². The molecule has 1 aromatic rings. The first-order valence-electron chi connectivity index (χ1n) is 6.41. The van der Waals surface area contributed by atoms with E-state index < -0.39 is 5.97 Å². The Hall–Kier alpha value is -1.71. The zero-order valence-corrected chi connectivity index (χ0v) is 10.6. The lowest BCUT2D eigenvalue weighted by Gasteiger charge is -2.32. The summed E-state index contributed by atoms with van der Waals surface area (Å²) in [5.41, 5.74) is 1.14. The molecule has 4 nitrogen and oxygen atoms in total. The molecule has 0 unspecified atom stereocenters. The molecule has 1 fully saturated rings. The summed E-state index contributed by atoms with van der Waals surface area (Å²) in [7, 11) is 0. The number of hydrogen-bond acceptors (Lipinski definition) is 3. The SMILES string of the molecule is CCOc1ccc(N2CCC(C(=O)O)CC2)cc1. The fraction of sp³-hybridized carbons (Fsp3) is 0.500. The number of benzene rings is 1. The molecule has 0 aromatic heterocycles.